The Morgan fingerprint density at radius 3 is 1.85 bits per heavy atom. The highest BCUT2D eigenvalue weighted by Gasteiger charge is 2.52. The van der Waals surface area contributed by atoms with Crippen LogP contribution in [-0.2, 0) is 82.4 Å². The van der Waals surface area contributed by atoms with E-state index in [4.69, 9.17) is 66.3 Å². The number of esters is 2. The number of benzene rings is 2. The van der Waals surface area contributed by atoms with E-state index in [-0.39, 0.29) is 60.6 Å². The fourth-order valence-corrected chi connectivity index (χ4v) is 12.0. The Morgan fingerprint density at radius 2 is 1.27 bits per heavy atom. The third-order valence-electron chi connectivity index (χ3n) is 16.1. The molecule has 5 heterocycles. The van der Waals surface area contributed by atoms with Crippen LogP contribution in [0.4, 0.5) is 0 Å². The average Bonchev–Trinajstić information content (AvgIpc) is 2.99. The van der Waals surface area contributed by atoms with Crippen LogP contribution < -0.4 is 10.1 Å². The number of hydrogen-bond acceptors (Lipinski definition) is 24. The average molecular weight is 1150 g/mol. The summed E-state index contributed by atoms with van der Waals surface area (Å²) in [5.74, 6) is -4.80. The molecule has 6 aliphatic rings. The zero-order valence-electron chi connectivity index (χ0n) is 47.8. The van der Waals surface area contributed by atoms with E-state index >= 15 is 0 Å². The number of hydrogen-bond donors (Lipinski definition) is 7. The maximum atomic E-state index is 15.0. The second-order valence-electron chi connectivity index (χ2n) is 22.7. The largest absolute Gasteiger partial charge is 0.507 e. The van der Waals surface area contributed by atoms with Gasteiger partial charge in [0.15, 0.2) is 43.2 Å². The standard InChI is InChI=1S/C56H81NO24/c1-22(2)55(66)81-53-27(7)74-42(21-56(53,9)67)78-36-18-40(70-23(3)46(36)62)77-35-19-41(71-24(4)45(35)61)80-51-32(52(69-12)54(65)57-10)15-30-13-29-14-31(16-33(59)43(29)47(63)44(30)48(51)64)76-39-20-37(50(26(6)73-39)75-28(8)58)79-38-17-34(60)49(68-11)25(5)72-38/h13-14,16,22-27,32,34-42,45-46,49-53,59-63,67H,15,17-21H2,1-12H3,(H,57,65)/t23-,24-,25-,26-,27+,32-,34-,35+,36+,37-,38-,39+,40+,41+,42+,45-,46-,49-,50-,51+,52+,53+,56-/m1/s1. The van der Waals surface area contributed by atoms with Crippen molar-refractivity contribution in [2.75, 3.05) is 21.3 Å². The Bertz CT molecular complexity index is 2530. The molecule has 8 rings (SSSR count). The number of ether oxygens (including phenoxy) is 14. The first-order valence-corrected chi connectivity index (χ1v) is 27.7. The third kappa shape index (κ3) is 13.7. The second kappa shape index (κ2) is 25.8. The highest BCUT2D eigenvalue weighted by atomic mass is 16.7. The SMILES string of the molecule is CNC(=O)[C@@H](OC)[C@@H]1Cc2cc3cc(O[C@H]4C[C@@H](O[C@@H]5C[C@@H](O)[C@H](OC)[C@@H](C)O5)[C@H](OC(C)=O)[C@@H](C)O4)cc(O)c3c(O)c2C(=O)[C@H]1O[C@H]1C[C@H](O[C@H]2C[C@H](O[C@H]3C[C@@](C)(O)[C@@H](OC(=O)C(C)C)[C@H](C)O3)[C@H](O)[C@@H](C)O2)[C@H](O)[C@@H](C)O1. The van der Waals surface area contributed by atoms with Crippen LogP contribution in [0, 0.1) is 11.8 Å². The van der Waals surface area contributed by atoms with Gasteiger partial charge >= 0.3 is 11.9 Å². The maximum absolute atomic E-state index is 15.0. The van der Waals surface area contributed by atoms with Crippen molar-refractivity contribution in [1.29, 1.82) is 0 Å². The van der Waals surface area contributed by atoms with Crippen molar-refractivity contribution in [3.63, 3.8) is 0 Å². The van der Waals surface area contributed by atoms with Gasteiger partial charge in [0.1, 0.15) is 59.5 Å². The number of likely N-dealkylation sites (N-methyl/N-ethyl adjacent to an activating group) is 1. The molecule has 454 valence electrons. The van der Waals surface area contributed by atoms with Crippen LogP contribution in [0.2, 0.25) is 0 Å². The van der Waals surface area contributed by atoms with E-state index in [9.17, 15) is 49.8 Å². The first kappa shape index (κ1) is 62.6. The number of aromatic hydroxyl groups is 2. The molecule has 81 heavy (non-hydrogen) atoms. The van der Waals surface area contributed by atoms with Gasteiger partial charge in [0.25, 0.3) is 0 Å². The van der Waals surface area contributed by atoms with Gasteiger partial charge in [0.05, 0.1) is 65.7 Å². The first-order chi connectivity index (χ1) is 38.2. The van der Waals surface area contributed by atoms with Gasteiger partial charge in [-0.25, -0.2) is 0 Å². The molecule has 2 aromatic carbocycles. The number of rotatable bonds is 17. The zero-order valence-corrected chi connectivity index (χ0v) is 47.8. The molecular formula is C56H81NO24. The molecule has 0 radical (unpaired) electrons. The number of amides is 1. The minimum Gasteiger partial charge on any atom is -0.507 e. The van der Waals surface area contributed by atoms with Crippen LogP contribution in [0.1, 0.15) is 110 Å². The molecular weight excluding hydrogens is 1070 g/mol. The number of Topliss-reactive ketones (excluding diaryl/α,β-unsaturated/α-hetero) is 1. The predicted octanol–water partition coefficient (Wildman–Crippen LogP) is 2.31. The molecule has 5 aliphatic heterocycles. The highest BCUT2D eigenvalue weighted by molar-refractivity contribution is 6.11. The quantitative estimate of drug-likeness (QED) is 0.112. The van der Waals surface area contributed by atoms with E-state index in [1.54, 1.807) is 54.5 Å². The predicted molar refractivity (Wildman–Crippen MR) is 278 cm³/mol. The van der Waals surface area contributed by atoms with Crippen LogP contribution in [-0.4, -0.2) is 210 Å². The van der Waals surface area contributed by atoms with Crippen molar-refractivity contribution in [3.05, 3.63) is 29.3 Å². The van der Waals surface area contributed by atoms with E-state index in [0.29, 0.717) is 5.56 Å². The van der Waals surface area contributed by atoms with Gasteiger partial charge in [0.2, 0.25) is 12.2 Å². The Balaban J connectivity index is 0.990. The van der Waals surface area contributed by atoms with Crippen molar-refractivity contribution >= 4 is 34.4 Å². The molecule has 1 amide bonds. The van der Waals surface area contributed by atoms with Crippen LogP contribution in [0.3, 0.4) is 0 Å². The number of carbonyl (C=O) groups is 4. The third-order valence-corrected chi connectivity index (χ3v) is 16.1. The minimum atomic E-state index is -1.54. The summed E-state index contributed by atoms with van der Waals surface area (Å²) in [5.41, 5.74) is -1.43. The van der Waals surface area contributed by atoms with Gasteiger partial charge in [-0.2, -0.15) is 0 Å². The van der Waals surface area contributed by atoms with Gasteiger partial charge in [-0.1, -0.05) is 13.8 Å². The van der Waals surface area contributed by atoms with Crippen molar-refractivity contribution in [3.8, 4) is 17.2 Å². The number of phenolic OH excluding ortho intramolecular Hbond substituents is 2. The lowest BCUT2D eigenvalue weighted by atomic mass is 9.76. The van der Waals surface area contributed by atoms with Gasteiger partial charge in [0, 0.05) is 72.3 Å². The van der Waals surface area contributed by atoms with E-state index in [2.05, 4.69) is 5.32 Å². The van der Waals surface area contributed by atoms with Gasteiger partial charge in [-0.05, 0) is 71.0 Å². The van der Waals surface area contributed by atoms with Gasteiger partial charge < -0.3 is 102 Å². The fraction of sp³-hybridized carbons (Fsp3) is 0.750. The Labute approximate surface area is 469 Å². The van der Waals surface area contributed by atoms with E-state index in [1.165, 1.54) is 47.2 Å². The molecule has 23 atom stereocenters. The summed E-state index contributed by atoms with van der Waals surface area (Å²) in [6, 6.07) is 4.36. The summed E-state index contributed by atoms with van der Waals surface area (Å²) in [4.78, 5) is 53.1. The summed E-state index contributed by atoms with van der Waals surface area (Å²) in [7, 11) is 4.19. The molecule has 5 saturated heterocycles. The first-order valence-electron chi connectivity index (χ1n) is 27.7. The van der Waals surface area contributed by atoms with Crippen LogP contribution >= 0.6 is 0 Å². The molecule has 5 fully saturated rings. The summed E-state index contributed by atoms with van der Waals surface area (Å²) >= 11 is 0. The molecule has 0 aromatic heterocycles. The molecule has 1 aliphatic carbocycles. The Morgan fingerprint density at radius 1 is 0.716 bits per heavy atom. The lowest BCUT2D eigenvalue weighted by Crippen LogP contribution is -2.59. The van der Waals surface area contributed by atoms with Crippen LogP contribution in [0.5, 0.6) is 17.2 Å². The van der Waals surface area contributed by atoms with Gasteiger partial charge in [-0.3, -0.25) is 19.2 Å². The number of aliphatic hydroxyl groups is 4. The number of methoxy groups -OCH3 is 2. The topological polar surface area (TPSA) is 331 Å². The van der Waals surface area contributed by atoms with E-state index in [0.717, 1.165) is 0 Å². The zero-order chi connectivity index (χ0) is 59.1. The van der Waals surface area contributed by atoms with Gasteiger partial charge in [-0.15, -0.1) is 0 Å². The van der Waals surface area contributed by atoms with Crippen molar-refractivity contribution < 1.29 is 116 Å². The molecule has 25 heteroatoms. The van der Waals surface area contributed by atoms with E-state index in [1.807, 2.05) is 0 Å². The summed E-state index contributed by atoms with van der Waals surface area (Å²) in [6.45, 7) is 14.4. The normalized spacial score (nSPS) is 39.6. The lowest BCUT2D eigenvalue weighted by molar-refractivity contribution is -0.334. The number of fused-ring (bicyclic) bond motifs is 2. The number of phenols is 2. The summed E-state index contributed by atoms with van der Waals surface area (Å²) in [6.07, 6.45) is -20.8. The maximum Gasteiger partial charge on any atom is 0.308 e. The van der Waals surface area contributed by atoms with Crippen molar-refractivity contribution in [1.82, 2.24) is 5.32 Å². The Kier molecular flexibility index (Phi) is 20.0. The highest BCUT2D eigenvalue weighted by Crippen LogP contribution is 2.46. The van der Waals surface area contributed by atoms with E-state index < -0.39 is 182 Å². The minimum absolute atomic E-state index is 0.00994. The summed E-state index contributed by atoms with van der Waals surface area (Å²) < 4.78 is 84.5. The molecule has 0 spiro atoms. The fourth-order valence-electron chi connectivity index (χ4n) is 12.0. The number of carbonyl (C=O) groups excluding carboxylic acids is 4. The number of ketones is 1. The lowest BCUT2D eigenvalue weighted by Gasteiger charge is -2.47. The van der Waals surface area contributed by atoms with Crippen LogP contribution in [0.25, 0.3) is 10.8 Å². The molecule has 25 nitrogen and oxygen atoms in total. The molecule has 0 unspecified atom stereocenters. The Hall–Kier alpha value is -4.42. The number of aliphatic hydroxyl groups excluding tert-OH is 3. The number of nitrogens with one attached hydrogen (secondary N) is 1. The van der Waals surface area contributed by atoms with Crippen LogP contribution in [0.15, 0.2) is 18.2 Å². The monoisotopic (exact) mass is 1150 g/mol. The second-order valence-corrected chi connectivity index (χ2v) is 22.7. The molecule has 7 N–H and O–H groups in total. The molecule has 0 saturated carbocycles. The van der Waals surface area contributed by atoms with Crippen molar-refractivity contribution in [2.24, 2.45) is 11.8 Å². The molecule has 2 aromatic rings. The van der Waals surface area contributed by atoms with Crippen molar-refractivity contribution in [2.45, 2.75) is 236 Å². The smallest absolute Gasteiger partial charge is 0.308 e. The summed E-state index contributed by atoms with van der Waals surface area (Å²) in [5, 5.41) is 71.2. The molecule has 0 bridgehead atoms.